The molecule has 120 valence electrons. The summed E-state index contributed by atoms with van der Waals surface area (Å²) in [6.45, 7) is 3.37. The molecular formula is C11H15F4N3O2S. The van der Waals surface area contributed by atoms with Crippen molar-refractivity contribution in [3.05, 3.63) is 23.5 Å². The van der Waals surface area contributed by atoms with Crippen LogP contribution in [0.5, 0.6) is 0 Å². The van der Waals surface area contributed by atoms with Crippen molar-refractivity contribution in [1.82, 2.24) is 9.29 Å². The third kappa shape index (κ3) is 4.03. The second-order valence-electron chi connectivity index (χ2n) is 4.02. The van der Waals surface area contributed by atoms with Crippen molar-refractivity contribution in [2.24, 2.45) is 0 Å². The SMILES string of the molecule is CCN(CC)S(=O)(=O)CCNc1c(F)c(F)nc(F)c1F. The maximum absolute atomic E-state index is 13.3. The topological polar surface area (TPSA) is 62.3 Å². The summed E-state index contributed by atoms with van der Waals surface area (Å²) in [5.41, 5.74) is -1.07. The maximum Gasteiger partial charge on any atom is 0.253 e. The van der Waals surface area contributed by atoms with Crippen molar-refractivity contribution in [2.45, 2.75) is 13.8 Å². The van der Waals surface area contributed by atoms with Crippen molar-refractivity contribution < 1.29 is 26.0 Å². The molecule has 1 heterocycles. The molecule has 0 bridgehead atoms. The van der Waals surface area contributed by atoms with Gasteiger partial charge in [0.2, 0.25) is 21.7 Å². The number of nitrogens with one attached hydrogen (secondary N) is 1. The van der Waals surface area contributed by atoms with Crippen molar-refractivity contribution in [2.75, 3.05) is 30.7 Å². The van der Waals surface area contributed by atoms with Gasteiger partial charge in [0.15, 0.2) is 0 Å². The molecule has 0 unspecified atom stereocenters. The third-order valence-electron chi connectivity index (χ3n) is 2.76. The molecule has 0 aromatic carbocycles. The van der Waals surface area contributed by atoms with E-state index >= 15 is 0 Å². The van der Waals surface area contributed by atoms with E-state index in [9.17, 15) is 26.0 Å². The Morgan fingerprint density at radius 2 is 1.52 bits per heavy atom. The van der Waals surface area contributed by atoms with Gasteiger partial charge in [-0.3, -0.25) is 0 Å². The number of sulfonamides is 1. The number of rotatable bonds is 7. The molecule has 0 saturated carbocycles. The predicted octanol–water partition coefficient (Wildman–Crippen LogP) is 1.72. The minimum Gasteiger partial charge on any atom is -0.379 e. The van der Waals surface area contributed by atoms with Crippen LogP contribution < -0.4 is 5.32 Å². The molecule has 0 fully saturated rings. The van der Waals surface area contributed by atoms with E-state index in [0.29, 0.717) is 0 Å². The van der Waals surface area contributed by atoms with E-state index in [2.05, 4.69) is 4.98 Å². The molecule has 0 aliphatic rings. The van der Waals surface area contributed by atoms with Gasteiger partial charge in [0, 0.05) is 19.6 Å². The Labute approximate surface area is 120 Å². The predicted molar refractivity (Wildman–Crippen MR) is 69.3 cm³/mol. The quantitative estimate of drug-likeness (QED) is 0.611. The van der Waals surface area contributed by atoms with Crippen LogP contribution in [0.3, 0.4) is 0 Å². The van der Waals surface area contributed by atoms with Crippen LogP contribution >= 0.6 is 0 Å². The minimum atomic E-state index is -3.62. The Morgan fingerprint density at radius 1 is 1.05 bits per heavy atom. The molecule has 0 spiro atoms. The first-order valence-electron chi connectivity index (χ1n) is 6.16. The van der Waals surface area contributed by atoms with Crippen LogP contribution in [0.15, 0.2) is 0 Å². The van der Waals surface area contributed by atoms with Gasteiger partial charge < -0.3 is 5.32 Å². The lowest BCUT2D eigenvalue weighted by Crippen LogP contribution is -2.34. The second kappa shape index (κ2) is 7.03. The molecule has 1 aromatic heterocycles. The smallest absolute Gasteiger partial charge is 0.253 e. The zero-order valence-electron chi connectivity index (χ0n) is 11.5. The Bertz CT molecular complexity index is 580. The summed E-state index contributed by atoms with van der Waals surface area (Å²) >= 11 is 0. The van der Waals surface area contributed by atoms with Crippen LogP contribution in [0.25, 0.3) is 0 Å². The Balaban J connectivity index is 2.82. The molecular weight excluding hydrogens is 314 g/mol. The molecule has 0 atom stereocenters. The molecule has 21 heavy (non-hydrogen) atoms. The Hall–Kier alpha value is -1.42. The van der Waals surface area contributed by atoms with Gasteiger partial charge in [-0.15, -0.1) is 0 Å². The molecule has 5 nitrogen and oxygen atoms in total. The van der Waals surface area contributed by atoms with Gasteiger partial charge in [-0.2, -0.15) is 22.5 Å². The van der Waals surface area contributed by atoms with Gasteiger partial charge in [0.25, 0.3) is 11.9 Å². The molecule has 1 rings (SSSR count). The standard InChI is InChI=1S/C11H15F4N3O2S/c1-3-18(4-2)21(19,20)6-5-16-9-7(12)10(14)17-11(15)8(9)13/h3-6H2,1-2H3,(H,16,17). The second-order valence-corrected chi connectivity index (χ2v) is 6.11. The lowest BCUT2D eigenvalue weighted by molar-refractivity contribution is 0.410. The van der Waals surface area contributed by atoms with E-state index in [1.54, 1.807) is 13.8 Å². The summed E-state index contributed by atoms with van der Waals surface area (Å²) in [6, 6.07) is 0. The highest BCUT2D eigenvalue weighted by molar-refractivity contribution is 7.89. The van der Waals surface area contributed by atoms with Crippen LogP contribution in [0.1, 0.15) is 13.8 Å². The maximum atomic E-state index is 13.3. The number of hydrogen-bond donors (Lipinski definition) is 1. The van der Waals surface area contributed by atoms with E-state index in [4.69, 9.17) is 0 Å². The summed E-state index contributed by atoms with van der Waals surface area (Å²) in [5.74, 6) is -7.48. The summed E-state index contributed by atoms with van der Waals surface area (Å²) < 4.78 is 77.1. The van der Waals surface area contributed by atoms with Crippen LogP contribution in [0.2, 0.25) is 0 Å². The van der Waals surface area contributed by atoms with Gasteiger partial charge in [0.1, 0.15) is 5.69 Å². The monoisotopic (exact) mass is 329 g/mol. The van der Waals surface area contributed by atoms with E-state index in [-0.39, 0.29) is 13.1 Å². The lowest BCUT2D eigenvalue weighted by Gasteiger charge is -2.18. The highest BCUT2D eigenvalue weighted by atomic mass is 32.2. The van der Waals surface area contributed by atoms with E-state index < -0.39 is 51.5 Å². The Kier molecular flexibility index (Phi) is 5.90. The molecule has 0 aliphatic carbocycles. The summed E-state index contributed by atoms with van der Waals surface area (Å²) in [5, 5.41) is 2.05. The zero-order chi connectivity index (χ0) is 16.2. The van der Waals surface area contributed by atoms with Crippen LogP contribution in [0.4, 0.5) is 23.2 Å². The van der Waals surface area contributed by atoms with Crippen molar-refractivity contribution in [1.29, 1.82) is 0 Å². The fourth-order valence-corrected chi connectivity index (χ4v) is 3.10. The number of hydrogen-bond acceptors (Lipinski definition) is 4. The zero-order valence-corrected chi connectivity index (χ0v) is 12.3. The fourth-order valence-electron chi connectivity index (χ4n) is 1.69. The minimum absolute atomic E-state index is 0.250. The largest absolute Gasteiger partial charge is 0.379 e. The molecule has 0 saturated heterocycles. The number of aromatic nitrogens is 1. The summed E-state index contributed by atoms with van der Waals surface area (Å²) in [6.07, 6.45) is 0. The fraction of sp³-hybridized carbons (Fsp3) is 0.545. The van der Waals surface area contributed by atoms with E-state index in [0.717, 1.165) is 4.31 Å². The van der Waals surface area contributed by atoms with E-state index in [1.165, 1.54) is 0 Å². The van der Waals surface area contributed by atoms with Gasteiger partial charge in [-0.05, 0) is 0 Å². The average Bonchev–Trinajstić information content (AvgIpc) is 2.41. The Morgan fingerprint density at radius 3 is 1.95 bits per heavy atom. The molecule has 1 aromatic rings. The molecule has 0 radical (unpaired) electrons. The van der Waals surface area contributed by atoms with Gasteiger partial charge in [-0.1, -0.05) is 13.8 Å². The number of pyridine rings is 1. The van der Waals surface area contributed by atoms with Gasteiger partial charge >= 0.3 is 0 Å². The third-order valence-corrected chi connectivity index (χ3v) is 4.78. The highest BCUT2D eigenvalue weighted by Gasteiger charge is 2.22. The number of nitrogens with zero attached hydrogens (tertiary/aromatic N) is 2. The van der Waals surface area contributed by atoms with E-state index in [1.807, 2.05) is 5.32 Å². The van der Waals surface area contributed by atoms with Crippen molar-refractivity contribution in [3.8, 4) is 0 Å². The normalized spacial score (nSPS) is 12.0. The first-order chi connectivity index (χ1) is 9.74. The molecule has 10 heteroatoms. The molecule has 1 N–H and O–H groups in total. The van der Waals surface area contributed by atoms with Gasteiger partial charge in [-0.25, -0.2) is 12.7 Å². The first-order valence-corrected chi connectivity index (χ1v) is 7.77. The van der Waals surface area contributed by atoms with Gasteiger partial charge in [0.05, 0.1) is 5.75 Å². The first kappa shape index (κ1) is 17.6. The molecule has 0 aliphatic heterocycles. The van der Waals surface area contributed by atoms with Crippen molar-refractivity contribution >= 4 is 15.7 Å². The van der Waals surface area contributed by atoms with Crippen LogP contribution in [0, 0.1) is 23.5 Å². The number of halogens is 4. The highest BCUT2D eigenvalue weighted by Crippen LogP contribution is 2.21. The summed E-state index contributed by atoms with van der Waals surface area (Å²) in [7, 11) is -3.62. The van der Waals surface area contributed by atoms with Crippen LogP contribution in [-0.2, 0) is 10.0 Å². The van der Waals surface area contributed by atoms with Crippen LogP contribution in [-0.4, -0.2) is 43.1 Å². The molecule has 0 amide bonds. The summed E-state index contributed by atoms with van der Waals surface area (Å²) in [4.78, 5) is 2.40. The van der Waals surface area contributed by atoms with Crippen molar-refractivity contribution in [3.63, 3.8) is 0 Å². The average molecular weight is 329 g/mol. The lowest BCUT2D eigenvalue weighted by atomic mass is 10.3. The number of anilines is 1.